The molecule has 1 fully saturated rings. The standard InChI is InChI=1S/C17H19FN4OS/c18-13-8-5-12(6-9-13)7-10-15-20-17(22-21-15)24-11-16(23)19-14-3-1-2-4-14/h5-10,14H,1-4,11H2,(H,19,23)(H,20,21,22)/b10-7+. The van der Waals surface area contributed by atoms with Crippen molar-refractivity contribution in [3.8, 4) is 0 Å². The van der Waals surface area contributed by atoms with E-state index < -0.39 is 0 Å². The molecular weight excluding hydrogens is 327 g/mol. The van der Waals surface area contributed by atoms with Crippen molar-refractivity contribution in [3.63, 3.8) is 0 Å². The van der Waals surface area contributed by atoms with Gasteiger partial charge in [0.25, 0.3) is 0 Å². The number of carbonyl (C=O) groups excluding carboxylic acids is 1. The van der Waals surface area contributed by atoms with Crippen LogP contribution in [0.25, 0.3) is 12.2 Å². The van der Waals surface area contributed by atoms with Gasteiger partial charge in [0.2, 0.25) is 11.1 Å². The van der Waals surface area contributed by atoms with Gasteiger partial charge < -0.3 is 5.32 Å². The topological polar surface area (TPSA) is 70.7 Å². The molecule has 0 bridgehead atoms. The van der Waals surface area contributed by atoms with Gasteiger partial charge in [-0.25, -0.2) is 9.37 Å². The van der Waals surface area contributed by atoms with E-state index in [0.29, 0.717) is 22.8 Å². The molecule has 5 nitrogen and oxygen atoms in total. The molecule has 0 atom stereocenters. The molecule has 1 heterocycles. The third-order valence-electron chi connectivity index (χ3n) is 3.84. The summed E-state index contributed by atoms with van der Waals surface area (Å²) in [5.41, 5.74) is 0.873. The Morgan fingerprint density at radius 3 is 2.79 bits per heavy atom. The zero-order valence-electron chi connectivity index (χ0n) is 13.2. The summed E-state index contributed by atoms with van der Waals surface area (Å²) >= 11 is 1.31. The van der Waals surface area contributed by atoms with Gasteiger partial charge in [0, 0.05) is 6.04 Å². The molecule has 0 unspecified atom stereocenters. The molecule has 0 saturated heterocycles. The fourth-order valence-electron chi connectivity index (χ4n) is 2.62. The first kappa shape index (κ1) is 16.7. The number of benzene rings is 1. The van der Waals surface area contributed by atoms with Crippen molar-refractivity contribution >= 4 is 29.8 Å². The Bertz CT molecular complexity index is 708. The lowest BCUT2D eigenvalue weighted by atomic mass is 10.2. The number of rotatable bonds is 6. The minimum atomic E-state index is -0.263. The fourth-order valence-corrected chi connectivity index (χ4v) is 3.23. The Labute approximate surface area is 144 Å². The molecule has 0 aliphatic heterocycles. The van der Waals surface area contributed by atoms with Crippen LogP contribution >= 0.6 is 11.8 Å². The van der Waals surface area contributed by atoms with Crippen LogP contribution in [0.4, 0.5) is 4.39 Å². The van der Waals surface area contributed by atoms with Crippen LogP contribution < -0.4 is 5.32 Å². The maximum Gasteiger partial charge on any atom is 0.230 e. The van der Waals surface area contributed by atoms with Gasteiger partial charge in [0.15, 0.2) is 0 Å². The van der Waals surface area contributed by atoms with Gasteiger partial charge in [-0.1, -0.05) is 42.8 Å². The number of H-pyrrole nitrogens is 1. The number of amides is 1. The van der Waals surface area contributed by atoms with Crippen molar-refractivity contribution in [1.82, 2.24) is 20.5 Å². The van der Waals surface area contributed by atoms with E-state index in [9.17, 15) is 9.18 Å². The zero-order chi connectivity index (χ0) is 16.8. The lowest BCUT2D eigenvalue weighted by Gasteiger charge is -2.10. The summed E-state index contributed by atoms with van der Waals surface area (Å²) in [6, 6.07) is 6.52. The molecule has 0 spiro atoms. The van der Waals surface area contributed by atoms with Crippen LogP contribution in [0.15, 0.2) is 29.4 Å². The number of aromatic nitrogens is 3. The molecule has 7 heteroatoms. The van der Waals surface area contributed by atoms with Crippen molar-refractivity contribution in [3.05, 3.63) is 41.5 Å². The molecule has 1 aliphatic carbocycles. The van der Waals surface area contributed by atoms with E-state index in [-0.39, 0.29) is 11.7 Å². The van der Waals surface area contributed by atoms with E-state index in [1.54, 1.807) is 18.2 Å². The minimum absolute atomic E-state index is 0.0279. The van der Waals surface area contributed by atoms with Crippen molar-refractivity contribution in [2.45, 2.75) is 36.9 Å². The van der Waals surface area contributed by atoms with Crippen LogP contribution in [0.2, 0.25) is 0 Å². The fraction of sp³-hybridized carbons (Fsp3) is 0.353. The molecule has 24 heavy (non-hydrogen) atoms. The minimum Gasteiger partial charge on any atom is -0.353 e. The Hall–Kier alpha value is -2.15. The first-order valence-corrected chi connectivity index (χ1v) is 8.96. The predicted molar refractivity (Wildman–Crippen MR) is 92.8 cm³/mol. The number of thioether (sulfide) groups is 1. The zero-order valence-corrected chi connectivity index (χ0v) is 14.0. The monoisotopic (exact) mass is 346 g/mol. The highest BCUT2D eigenvalue weighted by Crippen LogP contribution is 2.18. The third-order valence-corrected chi connectivity index (χ3v) is 4.69. The number of carbonyl (C=O) groups is 1. The number of hydrogen-bond acceptors (Lipinski definition) is 4. The lowest BCUT2D eigenvalue weighted by molar-refractivity contribution is -0.119. The quantitative estimate of drug-likeness (QED) is 0.788. The lowest BCUT2D eigenvalue weighted by Crippen LogP contribution is -2.33. The molecule has 1 aromatic heterocycles. The number of aromatic amines is 1. The van der Waals surface area contributed by atoms with Crippen LogP contribution in [0, 0.1) is 5.82 Å². The Kier molecular flexibility index (Phi) is 5.63. The molecule has 2 aromatic rings. The number of halogens is 1. The van der Waals surface area contributed by atoms with Crippen molar-refractivity contribution in [2.75, 3.05) is 5.75 Å². The highest BCUT2D eigenvalue weighted by Gasteiger charge is 2.17. The van der Waals surface area contributed by atoms with Gasteiger partial charge >= 0.3 is 0 Å². The Morgan fingerprint density at radius 1 is 1.29 bits per heavy atom. The van der Waals surface area contributed by atoms with Crippen molar-refractivity contribution < 1.29 is 9.18 Å². The SMILES string of the molecule is O=C(CSc1n[nH]c(/C=C/c2ccc(F)cc2)n1)NC1CCCC1. The number of nitrogens with zero attached hydrogens (tertiary/aromatic N) is 2. The van der Waals surface area contributed by atoms with Crippen LogP contribution in [-0.4, -0.2) is 32.9 Å². The summed E-state index contributed by atoms with van der Waals surface area (Å²) < 4.78 is 12.8. The largest absolute Gasteiger partial charge is 0.353 e. The highest BCUT2D eigenvalue weighted by molar-refractivity contribution is 7.99. The normalized spacial score (nSPS) is 15.2. The second kappa shape index (κ2) is 8.10. The average molecular weight is 346 g/mol. The third kappa shape index (κ3) is 4.92. The van der Waals surface area contributed by atoms with E-state index in [0.717, 1.165) is 18.4 Å². The van der Waals surface area contributed by atoms with Gasteiger partial charge in [-0.05, 0) is 36.6 Å². The van der Waals surface area contributed by atoms with E-state index in [4.69, 9.17) is 0 Å². The maximum atomic E-state index is 12.8. The first-order valence-electron chi connectivity index (χ1n) is 7.97. The van der Waals surface area contributed by atoms with Gasteiger partial charge in [0.05, 0.1) is 5.75 Å². The molecular formula is C17H19FN4OS. The van der Waals surface area contributed by atoms with Gasteiger partial charge in [-0.2, -0.15) is 0 Å². The Morgan fingerprint density at radius 2 is 2.04 bits per heavy atom. The second-order valence-electron chi connectivity index (χ2n) is 5.73. The van der Waals surface area contributed by atoms with E-state index in [1.807, 2.05) is 6.08 Å². The summed E-state index contributed by atoms with van der Waals surface area (Å²) in [7, 11) is 0. The summed E-state index contributed by atoms with van der Waals surface area (Å²) in [5, 5.41) is 10.5. The smallest absolute Gasteiger partial charge is 0.230 e. The van der Waals surface area contributed by atoms with E-state index in [2.05, 4.69) is 20.5 Å². The van der Waals surface area contributed by atoms with Crippen LogP contribution in [0.5, 0.6) is 0 Å². The van der Waals surface area contributed by atoms with Gasteiger partial charge in [-0.15, -0.1) is 5.10 Å². The molecule has 0 radical (unpaired) electrons. The van der Waals surface area contributed by atoms with Gasteiger partial charge in [-0.3, -0.25) is 9.89 Å². The molecule has 126 valence electrons. The number of nitrogens with one attached hydrogen (secondary N) is 2. The van der Waals surface area contributed by atoms with Gasteiger partial charge in [0.1, 0.15) is 11.6 Å². The van der Waals surface area contributed by atoms with Crippen LogP contribution in [0.1, 0.15) is 37.1 Å². The summed E-state index contributed by atoms with van der Waals surface area (Å²) in [5.74, 6) is 0.676. The predicted octanol–water partition coefficient (Wildman–Crippen LogP) is 3.27. The van der Waals surface area contributed by atoms with E-state index in [1.165, 1.54) is 36.7 Å². The summed E-state index contributed by atoms with van der Waals surface area (Å²) in [6.07, 6.45) is 8.14. The summed E-state index contributed by atoms with van der Waals surface area (Å²) in [4.78, 5) is 16.2. The highest BCUT2D eigenvalue weighted by atomic mass is 32.2. The summed E-state index contributed by atoms with van der Waals surface area (Å²) in [6.45, 7) is 0. The van der Waals surface area contributed by atoms with E-state index >= 15 is 0 Å². The van der Waals surface area contributed by atoms with Crippen molar-refractivity contribution in [1.29, 1.82) is 0 Å². The van der Waals surface area contributed by atoms with Crippen molar-refractivity contribution in [2.24, 2.45) is 0 Å². The molecule has 1 amide bonds. The molecule has 1 saturated carbocycles. The average Bonchev–Trinajstić information content (AvgIpc) is 3.24. The first-order chi connectivity index (χ1) is 11.7. The Balaban J connectivity index is 1.48. The number of hydrogen-bond donors (Lipinski definition) is 2. The van der Waals surface area contributed by atoms with Crippen LogP contribution in [-0.2, 0) is 4.79 Å². The van der Waals surface area contributed by atoms with Crippen LogP contribution in [0.3, 0.4) is 0 Å². The second-order valence-corrected chi connectivity index (χ2v) is 6.67. The molecule has 1 aromatic carbocycles. The molecule has 3 rings (SSSR count). The molecule has 2 N–H and O–H groups in total. The maximum absolute atomic E-state index is 12.8. The molecule has 1 aliphatic rings.